The van der Waals surface area contributed by atoms with Gasteiger partial charge in [-0.1, -0.05) is 24.3 Å². The van der Waals surface area contributed by atoms with Gasteiger partial charge >= 0.3 is 0 Å². The number of fused-ring (bicyclic) bond motifs is 2. The maximum Gasteiger partial charge on any atom is 0.269 e. The van der Waals surface area contributed by atoms with Crippen molar-refractivity contribution in [2.24, 2.45) is 0 Å². The minimum atomic E-state index is -4.06. The molecule has 0 spiro atoms. The molecular weight excluding hydrogens is 380 g/mol. The van der Waals surface area contributed by atoms with Crippen LogP contribution in [0.5, 0.6) is 0 Å². The summed E-state index contributed by atoms with van der Waals surface area (Å²) in [5.41, 5.74) is 0.0674. The number of carbonyl (C=O) groups excluding carboxylic acids is 2. The third kappa shape index (κ3) is 2.12. The van der Waals surface area contributed by atoms with Crippen LogP contribution in [0.2, 0.25) is 0 Å². The summed E-state index contributed by atoms with van der Waals surface area (Å²) in [6, 6.07) is 11.5. The van der Waals surface area contributed by atoms with Gasteiger partial charge in [-0.05, 0) is 24.3 Å². The van der Waals surface area contributed by atoms with E-state index in [9.17, 15) is 26.4 Å². The highest BCUT2D eigenvalue weighted by molar-refractivity contribution is 7.90. The molecule has 0 saturated heterocycles. The molecule has 0 bridgehead atoms. The fourth-order valence-corrected chi connectivity index (χ4v) is 6.21. The van der Waals surface area contributed by atoms with Crippen molar-refractivity contribution in [3.05, 3.63) is 59.7 Å². The Hall–Kier alpha value is -2.72. The van der Waals surface area contributed by atoms with Crippen LogP contribution >= 0.6 is 0 Å². The van der Waals surface area contributed by atoms with E-state index in [-0.39, 0.29) is 20.9 Å². The molecule has 2 amide bonds. The lowest BCUT2D eigenvalue weighted by atomic mass is 10.2. The first kappa shape index (κ1) is 16.7. The van der Waals surface area contributed by atoms with Crippen molar-refractivity contribution in [2.45, 2.75) is 9.79 Å². The minimum Gasteiger partial charge on any atom is -0.268 e. The zero-order valence-electron chi connectivity index (χ0n) is 13.2. The zero-order valence-corrected chi connectivity index (χ0v) is 14.8. The van der Waals surface area contributed by atoms with Crippen LogP contribution in [-0.4, -0.2) is 50.3 Å². The van der Waals surface area contributed by atoms with Crippen molar-refractivity contribution in [2.75, 3.05) is 13.1 Å². The Labute approximate surface area is 149 Å². The number of sulfonamides is 2. The van der Waals surface area contributed by atoms with Crippen LogP contribution in [0.1, 0.15) is 20.7 Å². The lowest BCUT2D eigenvalue weighted by Crippen LogP contribution is -2.40. The first-order valence-corrected chi connectivity index (χ1v) is 10.5. The Morgan fingerprint density at radius 1 is 0.615 bits per heavy atom. The molecular formula is C16H12N2O6S2. The quantitative estimate of drug-likeness (QED) is 0.760. The van der Waals surface area contributed by atoms with E-state index in [0.717, 1.165) is 0 Å². The van der Waals surface area contributed by atoms with Crippen LogP contribution in [0.15, 0.2) is 58.3 Å². The van der Waals surface area contributed by atoms with E-state index >= 15 is 0 Å². The molecule has 26 heavy (non-hydrogen) atoms. The van der Waals surface area contributed by atoms with Gasteiger partial charge in [-0.2, -0.15) is 0 Å². The molecule has 0 saturated carbocycles. The third-order valence-electron chi connectivity index (χ3n) is 4.33. The van der Waals surface area contributed by atoms with Crippen LogP contribution < -0.4 is 0 Å². The first-order chi connectivity index (χ1) is 12.3. The molecule has 2 aliphatic heterocycles. The van der Waals surface area contributed by atoms with Crippen molar-refractivity contribution in [1.29, 1.82) is 0 Å². The van der Waals surface area contributed by atoms with Crippen molar-refractivity contribution in [3.63, 3.8) is 0 Å². The fourth-order valence-electron chi connectivity index (χ4n) is 3.09. The van der Waals surface area contributed by atoms with E-state index < -0.39 is 45.0 Å². The summed E-state index contributed by atoms with van der Waals surface area (Å²) in [6.07, 6.45) is 0. The number of amides is 2. The smallest absolute Gasteiger partial charge is 0.268 e. The predicted octanol–water partition coefficient (Wildman–Crippen LogP) is 0.676. The number of hydrogen-bond acceptors (Lipinski definition) is 6. The molecule has 0 aromatic heterocycles. The highest BCUT2D eigenvalue weighted by Gasteiger charge is 2.44. The topological polar surface area (TPSA) is 109 Å². The molecule has 2 aromatic rings. The molecule has 0 N–H and O–H groups in total. The molecule has 0 aliphatic carbocycles. The Balaban J connectivity index is 1.64. The second-order valence-corrected chi connectivity index (χ2v) is 9.42. The molecule has 2 aromatic carbocycles. The van der Waals surface area contributed by atoms with E-state index in [1.54, 1.807) is 12.1 Å². The highest BCUT2D eigenvalue weighted by Crippen LogP contribution is 2.32. The van der Waals surface area contributed by atoms with E-state index in [0.29, 0.717) is 8.61 Å². The molecule has 8 nitrogen and oxygen atoms in total. The molecule has 10 heteroatoms. The van der Waals surface area contributed by atoms with Crippen LogP contribution in [-0.2, 0) is 20.0 Å². The minimum absolute atomic E-state index is 0.0337. The Bertz CT molecular complexity index is 1080. The lowest BCUT2D eigenvalue weighted by molar-refractivity contribution is 0.0820. The summed E-state index contributed by atoms with van der Waals surface area (Å²) >= 11 is 0. The Morgan fingerprint density at radius 3 is 1.31 bits per heavy atom. The Kier molecular flexibility index (Phi) is 3.47. The largest absolute Gasteiger partial charge is 0.269 e. The second kappa shape index (κ2) is 5.39. The lowest BCUT2D eigenvalue weighted by Gasteiger charge is -2.20. The first-order valence-electron chi connectivity index (χ1n) is 7.58. The highest BCUT2D eigenvalue weighted by atomic mass is 32.2. The van der Waals surface area contributed by atoms with E-state index in [1.165, 1.54) is 36.4 Å². The van der Waals surface area contributed by atoms with Gasteiger partial charge in [0.05, 0.1) is 24.2 Å². The fraction of sp³-hybridized carbons (Fsp3) is 0.125. The van der Waals surface area contributed by atoms with Crippen LogP contribution in [0.4, 0.5) is 0 Å². The average molecular weight is 392 g/mol. The van der Waals surface area contributed by atoms with Crippen LogP contribution in [0.25, 0.3) is 0 Å². The number of nitrogens with zero attached hydrogens (tertiary/aromatic N) is 2. The van der Waals surface area contributed by atoms with E-state index in [1.807, 2.05) is 0 Å². The van der Waals surface area contributed by atoms with Gasteiger partial charge in [0.25, 0.3) is 31.9 Å². The van der Waals surface area contributed by atoms with Crippen molar-refractivity contribution < 1.29 is 26.4 Å². The maximum absolute atomic E-state index is 12.5. The van der Waals surface area contributed by atoms with Gasteiger partial charge in [-0.25, -0.2) is 25.4 Å². The van der Waals surface area contributed by atoms with Crippen LogP contribution in [0, 0.1) is 0 Å². The third-order valence-corrected chi connectivity index (χ3v) is 8.01. The SMILES string of the molecule is O=C1c2ccccc2S(=O)(=O)N1CCN1C(=O)c2ccccc2S1(=O)=O. The summed E-state index contributed by atoms with van der Waals surface area (Å²) in [5, 5.41) is 0. The van der Waals surface area contributed by atoms with E-state index in [2.05, 4.69) is 0 Å². The summed E-state index contributed by atoms with van der Waals surface area (Å²) in [6.45, 7) is -0.899. The number of carbonyl (C=O) groups is 2. The molecule has 4 rings (SSSR count). The average Bonchev–Trinajstić information content (AvgIpc) is 2.94. The van der Waals surface area contributed by atoms with Crippen molar-refractivity contribution >= 4 is 31.9 Å². The zero-order chi connectivity index (χ0) is 18.7. The predicted molar refractivity (Wildman–Crippen MR) is 89.3 cm³/mol. The standard InChI is InChI=1S/C16H12N2O6S2/c19-15-11-5-1-3-7-13(11)25(21,22)17(15)9-10-18-16(20)12-6-2-4-8-14(12)26(18,23)24/h1-8H,9-10H2. The molecule has 2 aliphatic rings. The van der Waals surface area contributed by atoms with Crippen LogP contribution in [0.3, 0.4) is 0 Å². The van der Waals surface area contributed by atoms with E-state index in [4.69, 9.17) is 0 Å². The number of rotatable bonds is 3. The Morgan fingerprint density at radius 2 is 0.962 bits per heavy atom. The van der Waals surface area contributed by atoms with Gasteiger partial charge in [0.15, 0.2) is 0 Å². The van der Waals surface area contributed by atoms with Gasteiger partial charge in [0.1, 0.15) is 9.79 Å². The molecule has 0 atom stereocenters. The maximum atomic E-state index is 12.5. The molecule has 0 fully saturated rings. The van der Waals surface area contributed by atoms with Crippen molar-refractivity contribution in [1.82, 2.24) is 8.61 Å². The second-order valence-electron chi connectivity index (χ2n) is 5.76. The molecule has 2 heterocycles. The van der Waals surface area contributed by atoms with Gasteiger partial charge in [-0.3, -0.25) is 9.59 Å². The number of hydrogen-bond donors (Lipinski definition) is 0. The summed E-state index contributed by atoms with van der Waals surface area (Å²) in [7, 11) is -8.12. The van der Waals surface area contributed by atoms with Gasteiger partial charge in [-0.15, -0.1) is 0 Å². The van der Waals surface area contributed by atoms with Crippen molar-refractivity contribution in [3.8, 4) is 0 Å². The molecule has 0 unspecified atom stereocenters. The normalized spacial score (nSPS) is 19.5. The molecule has 134 valence electrons. The summed E-state index contributed by atoms with van der Waals surface area (Å²) in [4.78, 5) is 24.5. The van der Waals surface area contributed by atoms with Gasteiger partial charge < -0.3 is 0 Å². The van der Waals surface area contributed by atoms with Gasteiger partial charge in [0.2, 0.25) is 0 Å². The summed E-state index contributed by atoms with van der Waals surface area (Å²) < 4.78 is 51.3. The monoisotopic (exact) mass is 392 g/mol. The van der Waals surface area contributed by atoms with Gasteiger partial charge in [0, 0.05) is 0 Å². The number of benzene rings is 2. The molecule has 0 radical (unpaired) electrons. The summed E-state index contributed by atoms with van der Waals surface area (Å²) in [5.74, 6) is -1.47.